The lowest BCUT2D eigenvalue weighted by molar-refractivity contribution is -0.151. The van der Waals surface area contributed by atoms with Crippen molar-refractivity contribution in [3.63, 3.8) is 0 Å². The molecule has 0 radical (unpaired) electrons. The molecule has 0 saturated heterocycles. The number of halogens is 1. The molecule has 1 N–H and O–H groups in total. The van der Waals surface area contributed by atoms with Gasteiger partial charge in [-0.15, -0.1) is 0 Å². The second kappa shape index (κ2) is 10.9. The van der Waals surface area contributed by atoms with Gasteiger partial charge in [0.25, 0.3) is 5.56 Å². The van der Waals surface area contributed by atoms with Crippen LogP contribution in [0.4, 0.5) is 4.39 Å². The molecule has 0 aliphatic heterocycles. The third-order valence-corrected chi connectivity index (χ3v) is 4.34. The normalized spacial score (nSPS) is 12.6. The SMILES string of the molecule is CC(C)CC(C(=O)OCCCCCCn1cc(F)c(=O)[nH]c1=O)C(C)C. The number of hydrogen-bond acceptors (Lipinski definition) is 4. The molecule has 0 aliphatic carbocycles. The number of hydrogen-bond donors (Lipinski definition) is 1. The molecule has 0 spiro atoms. The van der Waals surface area contributed by atoms with E-state index in [0.717, 1.165) is 36.4 Å². The number of esters is 1. The van der Waals surface area contributed by atoms with E-state index in [4.69, 9.17) is 4.74 Å². The number of nitrogens with zero attached hydrogens (tertiary/aromatic N) is 1. The van der Waals surface area contributed by atoms with E-state index in [1.54, 1.807) is 0 Å². The predicted octanol–water partition coefficient (Wildman–Crippen LogP) is 3.10. The van der Waals surface area contributed by atoms with Crippen molar-refractivity contribution in [3.8, 4) is 0 Å². The summed E-state index contributed by atoms with van der Waals surface area (Å²) in [5, 5.41) is 0. The zero-order chi connectivity index (χ0) is 19.7. The highest BCUT2D eigenvalue weighted by Gasteiger charge is 2.24. The maximum absolute atomic E-state index is 13.2. The first kappa shape index (κ1) is 22.1. The van der Waals surface area contributed by atoms with Gasteiger partial charge in [0.15, 0.2) is 0 Å². The lowest BCUT2D eigenvalue weighted by atomic mass is 9.88. The maximum Gasteiger partial charge on any atom is 0.328 e. The van der Waals surface area contributed by atoms with Gasteiger partial charge in [-0.25, -0.2) is 4.79 Å². The summed E-state index contributed by atoms with van der Waals surface area (Å²) >= 11 is 0. The van der Waals surface area contributed by atoms with Gasteiger partial charge in [0.05, 0.1) is 18.7 Å². The van der Waals surface area contributed by atoms with E-state index in [2.05, 4.69) is 13.8 Å². The lowest BCUT2D eigenvalue weighted by Gasteiger charge is -2.21. The van der Waals surface area contributed by atoms with Gasteiger partial charge in [0.1, 0.15) is 0 Å². The minimum Gasteiger partial charge on any atom is -0.465 e. The summed E-state index contributed by atoms with van der Waals surface area (Å²) in [6.07, 6.45) is 4.88. The average Bonchev–Trinajstić information content (AvgIpc) is 2.55. The van der Waals surface area contributed by atoms with Crippen molar-refractivity contribution in [1.29, 1.82) is 0 Å². The number of aromatic nitrogens is 2. The molecule has 0 aromatic carbocycles. The largest absolute Gasteiger partial charge is 0.465 e. The Kier molecular flexibility index (Phi) is 9.30. The minimum absolute atomic E-state index is 0.0583. The van der Waals surface area contributed by atoms with Gasteiger partial charge in [0.2, 0.25) is 5.82 Å². The molecule has 26 heavy (non-hydrogen) atoms. The summed E-state index contributed by atoms with van der Waals surface area (Å²) in [6.45, 7) is 9.01. The van der Waals surface area contributed by atoms with Gasteiger partial charge in [-0.05, 0) is 37.5 Å². The number of unbranched alkanes of at least 4 members (excludes halogenated alkanes) is 3. The number of aromatic amines is 1. The topological polar surface area (TPSA) is 81.2 Å². The van der Waals surface area contributed by atoms with E-state index < -0.39 is 17.1 Å². The van der Waals surface area contributed by atoms with E-state index in [9.17, 15) is 18.8 Å². The van der Waals surface area contributed by atoms with E-state index in [1.807, 2.05) is 18.8 Å². The molecule has 7 heteroatoms. The first-order valence-electron chi connectivity index (χ1n) is 9.38. The van der Waals surface area contributed by atoms with Gasteiger partial charge in [-0.1, -0.05) is 34.1 Å². The highest BCUT2D eigenvalue weighted by atomic mass is 19.1. The molecule has 1 heterocycles. The third kappa shape index (κ3) is 7.54. The highest BCUT2D eigenvalue weighted by molar-refractivity contribution is 5.72. The molecule has 0 aliphatic rings. The molecular formula is C19H31FN2O4. The van der Waals surface area contributed by atoms with Gasteiger partial charge < -0.3 is 4.74 Å². The molecule has 6 nitrogen and oxygen atoms in total. The zero-order valence-electron chi connectivity index (χ0n) is 16.2. The van der Waals surface area contributed by atoms with Crippen molar-refractivity contribution in [3.05, 3.63) is 32.9 Å². The summed E-state index contributed by atoms with van der Waals surface area (Å²) in [5.41, 5.74) is -1.60. The molecule has 1 aromatic rings. The molecular weight excluding hydrogens is 339 g/mol. The number of carbonyl (C=O) groups excluding carboxylic acids is 1. The molecule has 1 atom stereocenters. The fourth-order valence-electron chi connectivity index (χ4n) is 2.81. The zero-order valence-corrected chi connectivity index (χ0v) is 16.2. The molecule has 1 rings (SSSR count). The van der Waals surface area contributed by atoms with Crippen LogP contribution in [0.2, 0.25) is 0 Å². The van der Waals surface area contributed by atoms with E-state index in [0.29, 0.717) is 25.5 Å². The van der Waals surface area contributed by atoms with E-state index >= 15 is 0 Å². The van der Waals surface area contributed by atoms with Crippen LogP contribution in [0.3, 0.4) is 0 Å². The molecule has 148 valence electrons. The van der Waals surface area contributed by atoms with Crippen LogP contribution in [-0.2, 0) is 16.1 Å². The Balaban J connectivity index is 2.25. The van der Waals surface area contributed by atoms with Crippen LogP contribution >= 0.6 is 0 Å². The van der Waals surface area contributed by atoms with Crippen molar-refractivity contribution >= 4 is 5.97 Å². The summed E-state index contributed by atoms with van der Waals surface area (Å²) in [5.74, 6) is -0.421. The molecule has 1 aromatic heterocycles. The van der Waals surface area contributed by atoms with Crippen LogP contribution in [0.25, 0.3) is 0 Å². The Morgan fingerprint density at radius 3 is 2.42 bits per heavy atom. The lowest BCUT2D eigenvalue weighted by Crippen LogP contribution is -2.31. The maximum atomic E-state index is 13.2. The van der Waals surface area contributed by atoms with Gasteiger partial charge in [-0.3, -0.25) is 19.1 Å². The van der Waals surface area contributed by atoms with Crippen molar-refractivity contribution in [2.45, 2.75) is 66.3 Å². The van der Waals surface area contributed by atoms with Crippen LogP contribution in [0.5, 0.6) is 0 Å². The van der Waals surface area contributed by atoms with Crippen molar-refractivity contribution in [1.82, 2.24) is 9.55 Å². The number of ether oxygens (including phenoxy) is 1. The van der Waals surface area contributed by atoms with E-state index in [1.165, 1.54) is 0 Å². The van der Waals surface area contributed by atoms with Crippen LogP contribution in [-0.4, -0.2) is 22.1 Å². The summed E-state index contributed by atoms with van der Waals surface area (Å²) in [7, 11) is 0. The molecule has 0 fully saturated rings. The number of carbonyl (C=O) groups is 1. The second-order valence-corrected chi connectivity index (χ2v) is 7.49. The average molecular weight is 370 g/mol. The minimum atomic E-state index is -0.995. The third-order valence-electron chi connectivity index (χ3n) is 4.34. The van der Waals surface area contributed by atoms with Gasteiger partial charge in [0, 0.05) is 6.54 Å². The number of rotatable bonds is 11. The smallest absolute Gasteiger partial charge is 0.328 e. The van der Waals surface area contributed by atoms with Crippen molar-refractivity contribution in [2.75, 3.05) is 6.61 Å². The highest BCUT2D eigenvalue weighted by Crippen LogP contribution is 2.21. The standard InChI is InChI=1S/C19H31FN2O4/c1-13(2)11-15(14(3)4)18(24)26-10-8-6-5-7-9-22-12-16(20)17(23)21-19(22)25/h12-15H,5-11H2,1-4H3,(H,21,23,25). The second-order valence-electron chi connectivity index (χ2n) is 7.49. The van der Waals surface area contributed by atoms with Crippen LogP contribution in [0.15, 0.2) is 15.8 Å². The Bertz CT molecular complexity index is 679. The predicted molar refractivity (Wildman–Crippen MR) is 98.5 cm³/mol. The van der Waals surface area contributed by atoms with Crippen molar-refractivity contribution < 1.29 is 13.9 Å². The Morgan fingerprint density at radius 2 is 1.81 bits per heavy atom. The number of nitrogens with one attached hydrogen (secondary N) is 1. The van der Waals surface area contributed by atoms with Crippen LogP contribution in [0, 0.1) is 23.6 Å². The summed E-state index contributed by atoms with van der Waals surface area (Å²) in [4.78, 5) is 36.6. The Morgan fingerprint density at radius 1 is 1.15 bits per heavy atom. The van der Waals surface area contributed by atoms with Gasteiger partial charge >= 0.3 is 11.7 Å². The number of H-pyrrole nitrogens is 1. The first-order chi connectivity index (χ1) is 12.2. The molecule has 0 saturated carbocycles. The Hall–Kier alpha value is -1.92. The molecule has 1 unspecified atom stereocenters. The Labute approximate surface area is 153 Å². The van der Waals surface area contributed by atoms with Gasteiger partial charge in [-0.2, -0.15) is 4.39 Å². The number of aryl methyl sites for hydroxylation is 1. The summed E-state index contributed by atoms with van der Waals surface area (Å²) in [6, 6.07) is 0. The quantitative estimate of drug-likeness (QED) is 0.479. The van der Waals surface area contributed by atoms with Crippen LogP contribution in [0.1, 0.15) is 59.8 Å². The van der Waals surface area contributed by atoms with Crippen molar-refractivity contribution in [2.24, 2.45) is 17.8 Å². The van der Waals surface area contributed by atoms with Crippen LogP contribution < -0.4 is 11.2 Å². The van der Waals surface area contributed by atoms with E-state index in [-0.39, 0.29) is 17.8 Å². The fraction of sp³-hybridized carbons (Fsp3) is 0.737. The summed E-state index contributed by atoms with van der Waals surface area (Å²) < 4.78 is 19.7. The monoisotopic (exact) mass is 370 g/mol. The fourth-order valence-corrected chi connectivity index (χ4v) is 2.81. The molecule has 0 bridgehead atoms. The molecule has 0 amide bonds. The first-order valence-corrected chi connectivity index (χ1v) is 9.38.